The van der Waals surface area contributed by atoms with Gasteiger partial charge in [-0.1, -0.05) is 6.07 Å². The lowest BCUT2D eigenvalue weighted by Crippen LogP contribution is -2.23. The number of rotatable bonds is 4. The normalized spacial score (nSPS) is 22.3. The summed E-state index contributed by atoms with van der Waals surface area (Å²) in [5, 5.41) is 21.3. The maximum Gasteiger partial charge on any atom is 0.306 e. The molecular weight excluding hydrogens is 409 g/mol. The van der Waals surface area contributed by atoms with Gasteiger partial charge >= 0.3 is 5.97 Å². The number of hydrogen-bond donors (Lipinski definition) is 2. The van der Waals surface area contributed by atoms with Crippen molar-refractivity contribution < 1.29 is 24.1 Å². The van der Waals surface area contributed by atoms with Gasteiger partial charge in [-0.2, -0.15) is 0 Å². The van der Waals surface area contributed by atoms with Crippen LogP contribution >= 0.6 is 0 Å². The zero-order valence-corrected chi connectivity index (χ0v) is 18.0. The predicted molar refractivity (Wildman–Crippen MR) is 120 cm³/mol. The molecule has 2 aliphatic rings. The molecular formula is C26H28FNO4. The quantitative estimate of drug-likeness (QED) is 0.547. The number of aromatic nitrogens is 1. The number of nitrogens with zero attached hydrogens (tertiary/aromatic N) is 1. The summed E-state index contributed by atoms with van der Waals surface area (Å²) in [5.41, 5.74) is 4.08. The van der Waals surface area contributed by atoms with Crippen LogP contribution in [0.2, 0.25) is 0 Å². The molecule has 6 heteroatoms. The van der Waals surface area contributed by atoms with E-state index in [1.54, 1.807) is 18.2 Å². The van der Waals surface area contributed by atoms with E-state index in [1.165, 1.54) is 12.1 Å². The summed E-state index contributed by atoms with van der Waals surface area (Å²) in [6.45, 7) is 1.37. The Morgan fingerprint density at radius 2 is 1.62 bits per heavy atom. The molecule has 0 amide bonds. The number of aliphatic carboxylic acids is 1. The number of halogens is 1. The first kappa shape index (κ1) is 21.0. The molecule has 1 aliphatic carbocycles. The van der Waals surface area contributed by atoms with Crippen molar-refractivity contribution in [2.24, 2.45) is 5.92 Å². The van der Waals surface area contributed by atoms with E-state index in [1.807, 2.05) is 12.1 Å². The number of phenolic OH excluding ortho intramolecular Hbond substituents is 1. The van der Waals surface area contributed by atoms with E-state index in [0.29, 0.717) is 26.1 Å². The Hall–Kier alpha value is -2.86. The summed E-state index contributed by atoms with van der Waals surface area (Å²) in [6, 6.07) is 12.1. The molecule has 5 rings (SSSR count). The standard InChI is InChI=1S/C26H28FNO4/c27-19-8-10-20(11-9-19)28-21-2-1-3-22(29)24(21)23(25(28)17-12-14-32-15-13-17)16-4-6-18(7-5-16)26(30)31/h1-3,8-11,16-18,29H,4-7,12-15H2,(H,30,31). The zero-order chi connectivity index (χ0) is 22.2. The highest BCUT2D eigenvalue weighted by Gasteiger charge is 2.35. The van der Waals surface area contributed by atoms with Crippen LogP contribution in [0.5, 0.6) is 5.75 Å². The van der Waals surface area contributed by atoms with E-state index in [4.69, 9.17) is 4.74 Å². The molecule has 1 aromatic heterocycles. The molecule has 1 aliphatic heterocycles. The fraction of sp³-hybridized carbons (Fsp3) is 0.423. The van der Waals surface area contributed by atoms with Gasteiger partial charge in [-0.25, -0.2) is 4.39 Å². The van der Waals surface area contributed by atoms with Crippen LogP contribution in [0.25, 0.3) is 16.6 Å². The topological polar surface area (TPSA) is 71.7 Å². The van der Waals surface area contributed by atoms with Gasteiger partial charge in [0.25, 0.3) is 0 Å². The Morgan fingerprint density at radius 3 is 2.28 bits per heavy atom. The van der Waals surface area contributed by atoms with Gasteiger partial charge in [0.15, 0.2) is 0 Å². The first-order valence-corrected chi connectivity index (χ1v) is 11.5. The molecule has 32 heavy (non-hydrogen) atoms. The number of benzene rings is 2. The molecule has 2 N–H and O–H groups in total. The van der Waals surface area contributed by atoms with Crippen molar-refractivity contribution in [1.29, 1.82) is 0 Å². The minimum absolute atomic E-state index is 0.181. The minimum atomic E-state index is -0.718. The number of aromatic hydroxyl groups is 1. The Labute approximate surface area is 186 Å². The van der Waals surface area contributed by atoms with Crippen molar-refractivity contribution in [2.75, 3.05) is 13.2 Å². The van der Waals surface area contributed by atoms with Gasteiger partial charge in [0, 0.05) is 35.9 Å². The van der Waals surface area contributed by atoms with E-state index in [9.17, 15) is 19.4 Å². The van der Waals surface area contributed by atoms with Crippen LogP contribution in [0, 0.1) is 11.7 Å². The average molecular weight is 438 g/mol. The number of carboxylic acid groups (broad SMARTS) is 1. The number of carbonyl (C=O) groups is 1. The molecule has 2 heterocycles. The zero-order valence-electron chi connectivity index (χ0n) is 18.0. The van der Waals surface area contributed by atoms with Crippen LogP contribution < -0.4 is 0 Å². The Kier molecular flexibility index (Phi) is 5.64. The van der Waals surface area contributed by atoms with E-state index >= 15 is 0 Å². The Balaban J connectivity index is 1.72. The maximum absolute atomic E-state index is 13.7. The van der Waals surface area contributed by atoms with Crippen molar-refractivity contribution in [3.63, 3.8) is 0 Å². The van der Waals surface area contributed by atoms with Crippen molar-refractivity contribution in [2.45, 2.75) is 50.4 Å². The second-order valence-electron chi connectivity index (χ2n) is 9.06. The molecule has 3 aromatic rings. The molecule has 2 fully saturated rings. The molecule has 0 unspecified atom stereocenters. The summed E-state index contributed by atoms with van der Waals surface area (Å²) >= 11 is 0. The Bertz CT molecular complexity index is 1120. The van der Waals surface area contributed by atoms with Crippen LogP contribution in [0.3, 0.4) is 0 Å². The molecule has 1 saturated carbocycles. The molecule has 5 nitrogen and oxygen atoms in total. The lowest BCUT2D eigenvalue weighted by Gasteiger charge is -2.31. The molecule has 0 spiro atoms. The number of ether oxygens (including phenoxy) is 1. The first-order chi connectivity index (χ1) is 15.5. The highest BCUT2D eigenvalue weighted by Crippen LogP contribution is 2.48. The number of hydrogen-bond acceptors (Lipinski definition) is 3. The van der Waals surface area contributed by atoms with Gasteiger partial charge in [-0.05, 0) is 86.4 Å². The monoisotopic (exact) mass is 437 g/mol. The van der Waals surface area contributed by atoms with Gasteiger partial charge in [0.2, 0.25) is 0 Å². The summed E-state index contributed by atoms with van der Waals surface area (Å²) in [5.74, 6) is -0.616. The van der Waals surface area contributed by atoms with Crippen molar-refractivity contribution in [1.82, 2.24) is 4.57 Å². The lowest BCUT2D eigenvalue weighted by atomic mass is 9.76. The van der Waals surface area contributed by atoms with Gasteiger partial charge in [-0.15, -0.1) is 0 Å². The summed E-state index contributed by atoms with van der Waals surface area (Å²) in [7, 11) is 0. The third-order valence-corrected chi connectivity index (χ3v) is 7.23. The van der Waals surface area contributed by atoms with Gasteiger partial charge in [0.05, 0.1) is 11.4 Å². The highest BCUT2D eigenvalue weighted by molar-refractivity contribution is 5.93. The largest absolute Gasteiger partial charge is 0.507 e. The van der Waals surface area contributed by atoms with Crippen LogP contribution in [0.4, 0.5) is 4.39 Å². The highest BCUT2D eigenvalue weighted by atomic mass is 19.1. The van der Waals surface area contributed by atoms with Gasteiger partial charge in [0.1, 0.15) is 11.6 Å². The molecule has 1 saturated heterocycles. The van der Waals surface area contributed by atoms with E-state index in [0.717, 1.165) is 53.5 Å². The summed E-state index contributed by atoms with van der Waals surface area (Å²) in [4.78, 5) is 11.5. The molecule has 0 bridgehead atoms. The van der Waals surface area contributed by atoms with Gasteiger partial charge in [-0.3, -0.25) is 4.79 Å². The van der Waals surface area contributed by atoms with Crippen LogP contribution in [0.1, 0.15) is 61.6 Å². The second-order valence-corrected chi connectivity index (χ2v) is 9.06. The van der Waals surface area contributed by atoms with Crippen LogP contribution in [-0.2, 0) is 9.53 Å². The molecule has 168 valence electrons. The fourth-order valence-corrected chi connectivity index (χ4v) is 5.65. The fourth-order valence-electron chi connectivity index (χ4n) is 5.65. The first-order valence-electron chi connectivity index (χ1n) is 11.5. The maximum atomic E-state index is 13.7. The second kappa shape index (κ2) is 8.58. The predicted octanol–water partition coefficient (Wildman–Crippen LogP) is 5.73. The van der Waals surface area contributed by atoms with E-state index in [-0.39, 0.29) is 29.3 Å². The number of carboxylic acids is 1. The number of fused-ring (bicyclic) bond motifs is 1. The summed E-state index contributed by atoms with van der Waals surface area (Å²) < 4.78 is 21.5. The number of phenols is 1. The van der Waals surface area contributed by atoms with E-state index in [2.05, 4.69) is 4.57 Å². The third-order valence-electron chi connectivity index (χ3n) is 7.23. The van der Waals surface area contributed by atoms with Crippen LogP contribution in [0.15, 0.2) is 42.5 Å². The molecule has 0 atom stereocenters. The third kappa shape index (κ3) is 3.66. The minimum Gasteiger partial charge on any atom is -0.507 e. The SMILES string of the molecule is O=C(O)C1CCC(c2c(C3CCOCC3)n(-c3ccc(F)cc3)c3cccc(O)c23)CC1. The smallest absolute Gasteiger partial charge is 0.306 e. The van der Waals surface area contributed by atoms with Crippen molar-refractivity contribution >= 4 is 16.9 Å². The van der Waals surface area contributed by atoms with Gasteiger partial charge < -0.3 is 19.5 Å². The van der Waals surface area contributed by atoms with Crippen molar-refractivity contribution in [3.8, 4) is 11.4 Å². The average Bonchev–Trinajstić information content (AvgIpc) is 3.17. The summed E-state index contributed by atoms with van der Waals surface area (Å²) in [6.07, 6.45) is 4.62. The van der Waals surface area contributed by atoms with Crippen molar-refractivity contribution in [3.05, 3.63) is 59.5 Å². The lowest BCUT2D eigenvalue weighted by molar-refractivity contribution is -0.142. The van der Waals surface area contributed by atoms with E-state index < -0.39 is 5.97 Å². The Morgan fingerprint density at radius 1 is 0.938 bits per heavy atom. The molecule has 2 aromatic carbocycles. The molecule has 0 radical (unpaired) electrons. The van der Waals surface area contributed by atoms with Crippen LogP contribution in [-0.4, -0.2) is 34.0 Å².